The van der Waals surface area contributed by atoms with Crippen LogP contribution in [0.5, 0.6) is 0 Å². The highest BCUT2D eigenvalue weighted by atomic mass is 16.5. The molecule has 0 saturated carbocycles. The van der Waals surface area contributed by atoms with Gasteiger partial charge in [0.25, 0.3) is 0 Å². The van der Waals surface area contributed by atoms with Crippen LogP contribution in [0.1, 0.15) is 46.5 Å². The summed E-state index contributed by atoms with van der Waals surface area (Å²) in [5.74, 6) is -0.777. The van der Waals surface area contributed by atoms with E-state index in [2.05, 4.69) is 25.7 Å². The van der Waals surface area contributed by atoms with Crippen molar-refractivity contribution in [1.29, 1.82) is 0 Å². The molecule has 2 fully saturated rings. The third-order valence-electron chi connectivity index (χ3n) is 4.42. The van der Waals surface area contributed by atoms with Gasteiger partial charge in [-0.3, -0.25) is 9.69 Å². The lowest BCUT2D eigenvalue weighted by Crippen LogP contribution is -2.52. The molecule has 0 amide bonds. The van der Waals surface area contributed by atoms with Gasteiger partial charge < -0.3 is 9.84 Å². The number of hydrogen-bond donors (Lipinski definition) is 1. The summed E-state index contributed by atoms with van der Waals surface area (Å²) in [6.45, 7) is 7.36. The lowest BCUT2D eigenvalue weighted by Gasteiger charge is -2.45. The van der Waals surface area contributed by atoms with Crippen LogP contribution in [-0.2, 0) is 9.53 Å². The summed E-state index contributed by atoms with van der Waals surface area (Å²) in [4.78, 5) is 13.6. The summed E-state index contributed by atoms with van der Waals surface area (Å²) in [6.07, 6.45) is 4.37. The third-order valence-corrected chi connectivity index (χ3v) is 4.42. The van der Waals surface area contributed by atoms with Gasteiger partial charge in [0.15, 0.2) is 0 Å². The SMILES string of the molecule is CC1CC(N2CCC(C(=O)O)CC2C)CC(C)O1. The second kappa shape index (κ2) is 5.57. The molecule has 0 aromatic carbocycles. The molecule has 4 nitrogen and oxygen atoms in total. The smallest absolute Gasteiger partial charge is 0.306 e. The molecule has 2 heterocycles. The van der Waals surface area contributed by atoms with E-state index in [4.69, 9.17) is 9.84 Å². The first-order valence-electron chi connectivity index (χ1n) is 7.11. The fourth-order valence-electron chi connectivity index (χ4n) is 3.60. The molecule has 0 spiro atoms. The van der Waals surface area contributed by atoms with Gasteiger partial charge in [0.2, 0.25) is 0 Å². The first kappa shape index (κ1) is 13.8. The van der Waals surface area contributed by atoms with Crippen molar-refractivity contribution in [2.75, 3.05) is 6.54 Å². The maximum absolute atomic E-state index is 11.0. The van der Waals surface area contributed by atoms with Crippen LogP contribution < -0.4 is 0 Å². The molecule has 4 heteroatoms. The number of rotatable bonds is 2. The van der Waals surface area contributed by atoms with Gasteiger partial charge in [-0.25, -0.2) is 0 Å². The molecule has 2 aliphatic rings. The van der Waals surface area contributed by atoms with Crippen molar-refractivity contribution >= 4 is 5.97 Å². The van der Waals surface area contributed by atoms with E-state index in [1.807, 2.05) is 0 Å². The van der Waals surface area contributed by atoms with Crippen molar-refractivity contribution in [1.82, 2.24) is 4.90 Å². The van der Waals surface area contributed by atoms with Gasteiger partial charge in [0.1, 0.15) is 0 Å². The van der Waals surface area contributed by atoms with E-state index >= 15 is 0 Å². The van der Waals surface area contributed by atoms with Gasteiger partial charge in [-0.15, -0.1) is 0 Å². The molecule has 0 aromatic heterocycles. The first-order chi connectivity index (χ1) is 8.47. The summed E-state index contributed by atoms with van der Waals surface area (Å²) in [5.41, 5.74) is 0. The maximum atomic E-state index is 11.0. The molecule has 18 heavy (non-hydrogen) atoms. The van der Waals surface area contributed by atoms with Crippen molar-refractivity contribution in [3.8, 4) is 0 Å². The minimum Gasteiger partial charge on any atom is -0.481 e. The zero-order valence-corrected chi connectivity index (χ0v) is 11.6. The molecule has 4 atom stereocenters. The van der Waals surface area contributed by atoms with Crippen LogP contribution in [0, 0.1) is 5.92 Å². The third kappa shape index (κ3) is 3.04. The molecule has 0 radical (unpaired) electrons. The zero-order valence-electron chi connectivity index (χ0n) is 11.6. The van der Waals surface area contributed by atoms with Crippen LogP contribution in [0.3, 0.4) is 0 Å². The number of piperidine rings is 1. The number of carboxylic acid groups (broad SMARTS) is 1. The van der Waals surface area contributed by atoms with Gasteiger partial charge >= 0.3 is 5.97 Å². The number of likely N-dealkylation sites (tertiary alicyclic amines) is 1. The quantitative estimate of drug-likeness (QED) is 0.821. The highest BCUT2D eigenvalue weighted by molar-refractivity contribution is 5.70. The molecule has 104 valence electrons. The Morgan fingerprint density at radius 2 is 1.78 bits per heavy atom. The highest BCUT2D eigenvalue weighted by Gasteiger charge is 2.36. The van der Waals surface area contributed by atoms with Crippen LogP contribution in [-0.4, -0.2) is 46.8 Å². The van der Waals surface area contributed by atoms with E-state index in [0.717, 1.165) is 32.2 Å². The van der Waals surface area contributed by atoms with Crippen LogP contribution in [0.15, 0.2) is 0 Å². The van der Waals surface area contributed by atoms with Crippen molar-refractivity contribution in [2.24, 2.45) is 5.92 Å². The number of carboxylic acids is 1. The number of ether oxygens (including phenoxy) is 1. The Kier molecular flexibility index (Phi) is 4.28. The average molecular weight is 255 g/mol. The van der Waals surface area contributed by atoms with E-state index in [9.17, 15) is 4.79 Å². The molecule has 2 saturated heterocycles. The molecule has 1 N–H and O–H groups in total. The molecular formula is C14H25NO3. The maximum Gasteiger partial charge on any atom is 0.306 e. The Hall–Kier alpha value is -0.610. The minimum absolute atomic E-state index is 0.147. The predicted octanol–water partition coefficient (Wildman–Crippen LogP) is 2.13. The van der Waals surface area contributed by atoms with Gasteiger partial charge in [-0.1, -0.05) is 0 Å². The fourth-order valence-corrected chi connectivity index (χ4v) is 3.60. The standard InChI is InChI=1S/C14H25NO3/c1-9-6-12(14(16)17)4-5-15(9)13-7-10(2)18-11(3)8-13/h9-13H,4-8H2,1-3H3,(H,16,17). The molecular weight excluding hydrogens is 230 g/mol. The average Bonchev–Trinajstić information content (AvgIpc) is 2.27. The van der Waals surface area contributed by atoms with E-state index in [0.29, 0.717) is 24.3 Å². The van der Waals surface area contributed by atoms with Gasteiger partial charge in [0, 0.05) is 12.1 Å². The largest absolute Gasteiger partial charge is 0.481 e. The topological polar surface area (TPSA) is 49.8 Å². The van der Waals surface area contributed by atoms with Crippen LogP contribution >= 0.6 is 0 Å². The Balaban J connectivity index is 1.95. The molecule has 4 unspecified atom stereocenters. The summed E-state index contributed by atoms with van der Waals surface area (Å²) in [7, 11) is 0. The number of carbonyl (C=O) groups is 1. The fraction of sp³-hybridized carbons (Fsp3) is 0.929. The van der Waals surface area contributed by atoms with Crippen LogP contribution in [0.2, 0.25) is 0 Å². The summed E-state index contributed by atoms with van der Waals surface area (Å²) in [5, 5.41) is 9.10. The van der Waals surface area contributed by atoms with Crippen molar-refractivity contribution in [3.63, 3.8) is 0 Å². The monoisotopic (exact) mass is 255 g/mol. The van der Waals surface area contributed by atoms with E-state index in [-0.39, 0.29) is 5.92 Å². The Morgan fingerprint density at radius 1 is 1.17 bits per heavy atom. The number of aliphatic carboxylic acids is 1. The Bertz CT molecular complexity index is 297. The van der Waals surface area contributed by atoms with E-state index in [1.165, 1.54) is 0 Å². The molecule has 0 bridgehead atoms. The lowest BCUT2D eigenvalue weighted by molar-refractivity contribution is -0.145. The molecule has 0 aliphatic carbocycles. The van der Waals surface area contributed by atoms with Gasteiger partial charge in [-0.05, 0) is 53.0 Å². The molecule has 0 aromatic rings. The first-order valence-corrected chi connectivity index (χ1v) is 7.11. The van der Waals surface area contributed by atoms with Crippen molar-refractivity contribution < 1.29 is 14.6 Å². The van der Waals surface area contributed by atoms with E-state index in [1.54, 1.807) is 0 Å². The van der Waals surface area contributed by atoms with Gasteiger partial charge in [0.05, 0.1) is 18.1 Å². The summed E-state index contributed by atoms with van der Waals surface area (Å²) in [6, 6.07) is 0.941. The van der Waals surface area contributed by atoms with Gasteiger partial charge in [-0.2, -0.15) is 0 Å². The number of nitrogens with zero attached hydrogens (tertiary/aromatic N) is 1. The van der Waals surface area contributed by atoms with Crippen LogP contribution in [0.4, 0.5) is 0 Å². The Labute approximate surface area is 109 Å². The minimum atomic E-state index is -0.629. The Morgan fingerprint density at radius 3 is 2.28 bits per heavy atom. The summed E-state index contributed by atoms with van der Waals surface area (Å²) >= 11 is 0. The van der Waals surface area contributed by atoms with E-state index < -0.39 is 5.97 Å². The normalized spacial score (nSPS) is 42.7. The summed E-state index contributed by atoms with van der Waals surface area (Å²) < 4.78 is 5.78. The highest BCUT2D eigenvalue weighted by Crippen LogP contribution is 2.31. The zero-order chi connectivity index (χ0) is 13.3. The predicted molar refractivity (Wildman–Crippen MR) is 69.6 cm³/mol. The van der Waals surface area contributed by atoms with Crippen molar-refractivity contribution in [2.45, 2.75) is 70.7 Å². The lowest BCUT2D eigenvalue weighted by atomic mass is 9.88. The molecule has 2 aliphatic heterocycles. The second-order valence-corrected chi connectivity index (χ2v) is 6.03. The second-order valence-electron chi connectivity index (χ2n) is 6.03. The molecule has 2 rings (SSSR count). The van der Waals surface area contributed by atoms with Crippen molar-refractivity contribution in [3.05, 3.63) is 0 Å². The number of hydrogen-bond acceptors (Lipinski definition) is 3. The van der Waals surface area contributed by atoms with Crippen LogP contribution in [0.25, 0.3) is 0 Å².